The number of halogens is 1. The van der Waals surface area contributed by atoms with Crippen molar-refractivity contribution in [2.75, 3.05) is 11.9 Å². The topological polar surface area (TPSA) is 72.5 Å². The Hall–Kier alpha value is -2.92. The van der Waals surface area contributed by atoms with Crippen molar-refractivity contribution in [3.8, 4) is 0 Å². The Kier molecular flexibility index (Phi) is 7.12. The van der Waals surface area contributed by atoms with Gasteiger partial charge in [0.1, 0.15) is 0 Å². The highest BCUT2D eigenvalue weighted by Crippen LogP contribution is 2.18. The molecule has 5 nitrogen and oxygen atoms in total. The molecule has 2 aromatic rings. The average Bonchev–Trinajstić information content (AvgIpc) is 2.65. The van der Waals surface area contributed by atoms with Crippen molar-refractivity contribution in [2.24, 2.45) is 5.41 Å². The lowest BCUT2D eigenvalue weighted by Crippen LogP contribution is -2.27. The van der Waals surface area contributed by atoms with E-state index in [1.807, 2.05) is 20.8 Å². The van der Waals surface area contributed by atoms with E-state index in [1.165, 1.54) is 6.08 Å². The van der Waals surface area contributed by atoms with Crippen molar-refractivity contribution in [1.29, 1.82) is 0 Å². The molecule has 2 rings (SSSR count). The van der Waals surface area contributed by atoms with Gasteiger partial charge in [0, 0.05) is 27.8 Å². The van der Waals surface area contributed by atoms with Crippen molar-refractivity contribution in [3.63, 3.8) is 0 Å². The third-order valence-corrected chi connectivity index (χ3v) is 4.03. The van der Waals surface area contributed by atoms with Crippen molar-refractivity contribution in [3.05, 3.63) is 70.8 Å². The predicted molar refractivity (Wildman–Crippen MR) is 110 cm³/mol. The van der Waals surface area contributed by atoms with Crippen LogP contribution in [0.15, 0.2) is 54.6 Å². The van der Waals surface area contributed by atoms with Crippen LogP contribution in [-0.4, -0.2) is 24.3 Å². The first kappa shape index (κ1) is 21.4. The van der Waals surface area contributed by atoms with Gasteiger partial charge in [0.2, 0.25) is 5.91 Å². The molecule has 0 aliphatic rings. The summed E-state index contributed by atoms with van der Waals surface area (Å²) in [5.41, 5.74) is 1.27. The molecule has 0 radical (unpaired) electrons. The van der Waals surface area contributed by atoms with Gasteiger partial charge in [-0.15, -0.1) is 0 Å². The minimum atomic E-state index is -0.614. The van der Waals surface area contributed by atoms with Crippen LogP contribution in [0.1, 0.15) is 36.7 Å². The third kappa shape index (κ3) is 6.67. The fourth-order valence-electron chi connectivity index (χ4n) is 2.06. The molecule has 0 unspecified atom stereocenters. The number of amides is 1. The fourth-order valence-corrected chi connectivity index (χ4v) is 2.19. The fraction of sp³-hybridized carbons (Fsp3) is 0.227. The second-order valence-electron chi connectivity index (χ2n) is 7.20. The monoisotopic (exact) mass is 399 g/mol. The quantitative estimate of drug-likeness (QED) is 0.431. The molecular formula is C22H22ClNO4. The minimum Gasteiger partial charge on any atom is -0.454 e. The molecule has 0 aliphatic heterocycles. The molecule has 0 bridgehead atoms. The zero-order valence-corrected chi connectivity index (χ0v) is 16.7. The highest BCUT2D eigenvalue weighted by Gasteiger charge is 2.21. The highest BCUT2D eigenvalue weighted by atomic mass is 35.5. The SMILES string of the molecule is CC(C)(C)C(=O)Nc1ccc(C(=O)COC(=O)/C=C/c2ccc(Cl)cc2)cc1. The van der Waals surface area contributed by atoms with Gasteiger partial charge in [0.15, 0.2) is 12.4 Å². The van der Waals surface area contributed by atoms with E-state index in [4.69, 9.17) is 16.3 Å². The third-order valence-electron chi connectivity index (χ3n) is 3.77. The number of ether oxygens (including phenoxy) is 1. The van der Waals surface area contributed by atoms with E-state index in [0.717, 1.165) is 5.56 Å². The molecule has 0 spiro atoms. The van der Waals surface area contributed by atoms with Gasteiger partial charge in [-0.1, -0.05) is 44.5 Å². The second-order valence-corrected chi connectivity index (χ2v) is 7.63. The number of carbonyl (C=O) groups excluding carboxylic acids is 3. The lowest BCUT2D eigenvalue weighted by Gasteiger charge is -2.17. The molecular weight excluding hydrogens is 378 g/mol. The van der Waals surface area contributed by atoms with Crippen LogP contribution >= 0.6 is 11.6 Å². The van der Waals surface area contributed by atoms with Gasteiger partial charge in [0.25, 0.3) is 0 Å². The zero-order valence-electron chi connectivity index (χ0n) is 16.0. The van der Waals surface area contributed by atoms with Gasteiger partial charge in [0.05, 0.1) is 0 Å². The molecule has 0 saturated heterocycles. The van der Waals surface area contributed by atoms with Gasteiger partial charge in [-0.05, 0) is 48.0 Å². The number of esters is 1. The van der Waals surface area contributed by atoms with Crippen LogP contribution in [-0.2, 0) is 14.3 Å². The number of ketones is 1. The molecule has 0 aliphatic carbocycles. The molecule has 0 atom stereocenters. The number of Topliss-reactive ketones (excluding diaryl/α,β-unsaturated/α-hetero) is 1. The molecule has 1 N–H and O–H groups in total. The van der Waals surface area contributed by atoms with Crippen molar-refractivity contribution < 1.29 is 19.1 Å². The van der Waals surface area contributed by atoms with Gasteiger partial charge in [-0.2, -0.15) is 0 Å². The lowest BCUT2D eigenvalue weighted by atomic mass is 9.95. The molecule has 28 heavy (non-hydrogen) atoms. The number of benzene rings is 2. The van der Waals surface area contributed by atoms with Crippen molar-refractivity contribution in [1.82, 2.24) is 0 Å². The standard InChI is InChI=1S/C22H22ClNO4/c1-22(2,3)21(27)24-18-11-7-16(8-12-18)19(25)14-28-20(26)13-6-15-4-9-17(23)10-5-15/h4-13H,14H2,1-3H3,(H,24,27)/b13-6+. The van der Waals surface area contributed by atoms with E-state index < -0.39 is 11.4 Å². The molecule has 0 fully saturated rings. The zero-order chi connectivity index (χ0) is 20.7. The normalized spacial score (nSPS) is 11.3. The van der Waals surface area contributed by atoms with Gasteiger partial charge in [-0.3, -0.25) is 9.59 Å². The summed E-state index contributed by atoms with van der Waals surface area (Å²) in [7, 11) is 0. The number of hydrogen-bond donors (Lipinski definition) is 1. The highest BCUT2D eigenvalue weighted by molar-refractivity contribution is 6.30. The molecule has 146 valence electrons. The Balaban J connectivity index is 1.86. The number of anilines is 1. The minimum absolute atomic E-state index is 0.118. The summed E-state index contributed by atoms with van der Waals surface area (Å²) in [5.74, 6) is -1.06. The van der Waals surface area contributed by atoms with Crippen LogP contribution in [0.25, 0.3) is 6.08 Å². The van der Waals surface area contributed by atoms with Crippen LogP contribution in [0.4, 0.5) is 5.69 Å². The Labute approximate surface area is 169 Å². The first-order chi connectivity index (χ1) is 13.1. The molecule has 0 aromatic heterocycles. The molecule has 0 saturated carbocycles. The molecule has 6 heteroatoms. The van der Waals surface area contributed by atoms with E-state index >= 15 is 0 Å². The van der Waals surface area contributed by atoms with Gasteiger partial charge < -0.3 is 10.1 Å². The van der Waals surface area contributed by atoms with E-state index in [1.54, 1.807) is 54.6 Å². The first-order valence-corrected chi connectivity index (χ1v) is 9.08. The Morgan fingerprint density at radius 3 is 2.18 bits per heavy atom. The summed E-state index contributed by atoms with van der Waals surface area (Å²) in [6.45, 7) is 5.08. The first-order valence-electron chi connectivity index (χ1n) is 8.70. The maximum Gasteiger partial charge on any atom is 0.331 e. The molecule has 0 heterocycles. The second kappa shape index (κ2) is 9.33. The maximum absolute atomic E-state index is 12.2. The summed E-state index contributed by atoms with van der Waals surface area (Å²) in [6.07, 6.45) is 2.83. The summed E-state index contributed by atoms with van der Waals surface area (Å²) in [4.78, 5) is 35.9. The summed E-state index contributed by atoms with van der Waals surface area (Å²) < 4.78 is 4.97. The van der Waals surface area contributed by atoms with E-state index in [-0.39, 0.29) is 18.3 Å². The van der Waals surface area contributed by atoms with Crippen LogP contribution in [0.5, 0.6) is 0 Å². The summed E-state index contributed by atoms with van der Waals surface area (Å²) >= 11 is 5.80. The lowest BCUT2D eigenvalue weighted by molar-refractivity contribution is -0.136. The summed E-state index contributed by atoms with van der Waals surface area (Å²) in [5, 5.41) is 3.39. The average molecular weight is 400 g/mol. The van der Waals surface area contributed by atoms with Crippen LogP contribution < -0.4 is 5.32 Å². The van der Waals surface area contributed by atoms with E-state index in [2.05, 4.69) is 5.32 Å². The van der Waals surface area contributed by atoms with Crippen LogP contribution in [0.3, 0.4) is 0 Å². The van der Waals surface area contributed by atoms with Gasteiger partial charge in [-0.25, -0.2) is 4.79 Å². The summed E-state index contributed by atoms with van der Waals surface area (Å²) in [6, 6.07) is 13.4. The number of carbonyl (C=O) groups is 3. The van der Waals surface area contributed by atoms with Crippen LogP contribution in [0, 0.1) is 5.41 Å². The van der Waals surface area contributed by atoms with Crippen molar-refractivity contribution in [2.45, 2.75) is 20.8 Å². The van der Waals surface area contributed by atoms with Crippen LogP contribution in [0.2, 0.25) is 5.02 Å². The van der Waals surface area contributed by atoms with Crippen molar-refractivity contribution >= 4 is 41.0 Å². The van der Waals surface area contributed by atoms with E-state index in [0.29, 0.717) is 16.3 Å². The Morgan fingerprint density at radius 1 is 1.00 bits per heavy atom. The largest absolute Gasteiger partial charge is 0.454 e. The Morgan fingerprint density at radius 2 is 1.61 bits per heavy atom. The molecule has 1 amide bonds. The maximum atomic E-state index is 12.2. The van der Waals surface area contributed by atoms with E-state index in [9.17, 15) is 14.4 Å². The smallest absolute Gasteiger partial charge is 0.331 e. The number of nitrogens with one attached hydrogen (secondary N) is 1. The molecule has 2 aromatic carbocycles. The number of rotatable bonds is 6. The number of hydrogen-bond acceptors (Lipinski definition) is 4. The van der Waals surface area contributed by atoms with Gasteiger partial charge >= 0.3 is 5.97 Å². The Bertz CT molecular complexity index is 878. The predicted octanol–water partition coefficient (Wildman–Crippen LogP) is 4.76.